The molecule has 0 aromatic heterocycles. The smallest absolute Gasteiger partial charge is 0.339 e. The molecule has 0 bridgehead atoms. The van der Waals surface area contributed by atoms with Crippen molar-refractivity contribution in [1.82, 2.24) is 0 Å². The number of carbonyl (C=O) groups is 1. The predicted octanol–water partition coefficient (Wildman–Crippen LogP) is 4.55. The van der Waals surface area contributed by atoms with Crippen LogP contribution in [-0.2, 0) is 0 Å². The van der Waals surface area contributed by atoms with E-state index in [-0.39, 0.29) is 11.3 Å². The molecule has 106 valence electrons. The van der Waals surface area contributed by atoms with E-state index in [0.717, 1.165) is 32.3 Å². The van der Waals surface area contributed by atoms with Gasteiger partial charge in [0.25, 0.3) is 0 Å². The number of benzene rings is 4. The van der Waals surface area contributed by atoms with Gasteiger partial charge in [0.1, 0.15) is 11.3 Å². The molecule has 0 aliphatic heterocycles. The molecule has 4 rings (SSSR count). The Hall–Kier alpha value is -3.07. The van der Waals surface area contributed by atoms with Crippen molar-refractivity contribution in [3.05, 3.63) is 66.2 Å². The van der Waals surface area contributed by atoms with Gasteiger partial charge in [-0.1, -0.05) is 48.5 Å². The van der Waals surface area contributed by atoms with Crippen LogP contribution in [0.1, 0.15) is 10.4 Å². The Morgan fingerprint density at radius 2 is 1.09 bits per heavy atom. The van der Waals surface area contributed by atoms with Crippen LogP contribution < -0.4 is 0 Å². The molecule has 0 amide bonds. The van der Waals surface area contributed by atoms with Crippen molar-refractivity contribution in [2.24, 2.45) is 0 Å². The fraction of sp³-hybridized carbons (Fsp3) is 0. The van der Waals surface area contributed by atoms with Gasteiger partial charge in [-0.25, -0.2) is 4.79 Å². The molecule has 0 fully saturated rings. The monoisotopic (exact) mass is 288 g/mol. The number of hydrogen-bond acceptors (Lipinski definition) is 2. The molecule has 3 nitrogen and oxygen atoms in total. The lowest BCUT2D eigenvalue weighted by Gasteiger charge is -2.11. The first-order valence-electron chi connectivity index (χ1n) is 6.96. The Morgan fingerprint density at radius 1 is 0.682 bits per heavy atom. The van der Waals surface area contributed by atoms with Crippen molar-refractivity contribution in [3.63, 3.8) is 0 Å². The van der Waals surface area contributed by atoms with Crippen molar-refractivity contribution in [2.75, 3.05) is 0 Å². The minimum Gasteiger partial charge on any atom is -0.507 e. The number of carboxylic acid groups (broad SMARTS) is 1. The minimum atomic E-state index is -1.13. The number of carboxylic acids is 1. The Bertz CT molecular complexity index is 1060. The van der Waals surface area contributed by atoms with Gasteiger partial charge in [-0.15, -0.1) is 0 Å². The van der Waals surface area contributed by atoms with Gasteiger partial charge in [0.2, 0.25) is 0 Å². The molecule has 0 spiro atoms. The molecule has 0 saturated carbocycles. The van der Waals surface area contributed by atoms with E-state index >= 15 is 0 Å². The Morgan fingerprint density at radius 3 is 1.55 bits per heavy atom. The summed E-state index contributed by atoms with van der Waals surface area (Å²) in [5.41, 5.74) is -0.0760. The van der Waals surface area contributed by atoms with Gasteiger partial charge in [0.05, 0.1) is 0 Å². The van der Waals surface area contributed by atoms with Crippen LogP contribution in [0.3, 0.4) is 0 Å². The van der Waals surface area contributed by atoms with E-state index in [1.807, 2.05) is 48.5 Å². The zero-order chi connectivity index (χ0) is 15.3. The van der Waals surface area contributed by atoms with Gasteiger partial charge in [0, 0.05) is 0 Å². The number of aromatic hydroxyl groups is 1. The second kappa shape index (κ2) is 4.46. The van der Waals surface area contributed by atoms with Gasteiger partial charge in [-0.2, -0.15) is 0 Å². The highest BCUT2D eigenvalue weighted by molar-refractivity contribution is 6.26. The molecule has 4 aromatic carbocycles. The topological polar surface area (TPSA) is 57.5 Å². The molecule has 0 unspecified atom stereocenters. The van der Waals surface area contributed by atoms with Crippen LogP contribution in [0.2, 0.25) is 0 Å². The highest BCUT2D eigenvalue weighted by Gasteiger charge is 2.15. The summed E-state index contributed by atoms with van der Waals surface area (Å²) in [5, 5.41) is 25.1. The van der Waals surface area contributed by atoms with Crippen LogP contribution in [0.15, 0.2) is 60.7 Å². The van der Waals surface area contributed by atoms with E-state index in [1.165, 1.54) is 0 Å². The largest absolute Gasteiger partial charge is 0.507 e. The standard InChI is InChI=1S/C19H12O3/c20-18-10-16-14-8-4-2-6-12(14)11-5-1-3-7-13(11)15(16)9-17(18)19(21)22/h1-10,20H,(H,21,22). The zero-order valence-corrected chi connectivity index (χ0v) is 11.6. The van der Waals surface area contributed by atoms with E-state index in [2.05, 4.69) is 0 Å². The van der Waals surface area contributed by atoms with Crippen molar-refractivity contribution in [1.29, 1.82) is 0 Å². The average molecular weight is 288 g/mol. The summed E-state index contributed by atoms with van der Waals surface area (Å²) >= 11 is 0. The summed E-state index contributed by atoms with van der Waals surface area (Å²) in [5.74, 6) is -1.34. The number of phenols is 1. The van der Waals surface area contributed by atoms with Gasteiger partial charge in [-0.3, -0.25) is 0 Å². The van der Waals surface area contributed by atoms with Gasteiger partial charge in [0.15, 0.2) is 0 Å². The third-order valence-electron chi connectivity index (χ3n) is 4.09. The van der Waals surface area contributed by atoms with Gasteiger partial charge in [-0.05, 0) is 44.5 Å². The quantitative estimate of drug-likeness (QED) is 0.505. The molecule has 0 heterocycles. The first-order chi connectivity index (χ1) is 10.7. The molecule has 0 saturated heterocycles. The van der Waals surface area contributed by atoms with Crippen LogP contribution in [0.5, 0.6) is 5.75 Å². The molecule has 0 aliphatic rings. The lowest BCUT2D eigenvalue weighted by atomic mass is 9.93. The number of fused-ring (bicyclic) bond motifs is 6. The van der Waals surface area contributed by atoms with E-state index in [4.69, 9.17) is 0 Å². The lowest BCUT2D eigenvalue weighted by molar-refractivity contribution is 0.0694. The summed E-state index contributed by atoms with van der Waals surface area (Å²) in [6.45, 7) is 0. The molecular formula is C19H12O3. The van der Waals surface area contributed by atoms with Crippen LogP contribution in [0, 0.1) is 0 Å². The molecule has 0 aliphatic carbocycles. The van der Waals surface area contributed by atoms with E-state index < -0.39 is 5.97 Å². The summed E-state index contributed by atoms with van der Waals surface area (Å²) < 4.78 is 0. The van der Waals surface area contributed by atoms with Crippen LogP contribution in [0.25, 0.3) is 32.3 Å². The van der Waals surface area contributed by atoms with Crippen molar-refractivity contribution < 1.29 is 15.0 Å². The number of aromatic carboxylic acids is 1. The van der Waals surface area contributed by atoms with E-state index in [9.17, 15) is 15.0 Å². The normalized spacial score (nSPS) is 11.3. The molecular weight excluding hydrogens is 276 g/mol. The van der Waals surface area contributed by atoms with E-state index in [1.54, 1.807) is 12.1 Å². The fourth-order valence-electron chi connectivity index (χ4n) is 3.11. The number of hydrogen-bond donors (Lipinski definition) is 2. The predicted molar refractivity (Wildman–Crippen MR) is 87.6 cm³/mol. The van der Waals surface area contributed by atoms with Crippen LogP contribution >= 0.6 is 0 Å². The summed E-state index contributed by atoms with van der Waals surface area (Å²) in [7, 11) is 0. The maximum atomic E-state index is 11.3. The Kier molecular flexibility index (Phi) is 2.57. The third kappa shape index (κ3) is 1.66. The summed E-state index contributed by atoms with van der Waals surface area (Å²) in [4.78, 5) is 11.3. The second-order valence-electron chi connectivity index (χ2n) is 5.31. The highest BCUT2D eigenvalue weighted by atomic mass is 16.4. The van der Waals surface area contributed by atoms with Crippen LogP contribution in [-0.4, -0.2) is 16.2 Å². The molecule has 22 heavy (non-hydrogen) atoms. The van der Waals surface area contributed by atoms with Gasteiger partial charge >= 0.3 is 5.97 Å². The first kappa shape index (κ1) is 12.7. The van der Waals surface area contributed by atoms with Crippen molar-refractivity contribution >= 4 is 38.3 Å². The minimum absolute atomic E-state index is 0.0760. The Labute approximate surface area is 126 Å². The fourth-order valence-corrected chi connectivity index (χ4v) is 3.11. The van der Waals surface area contributed by atoms with E-state index in [0.29, 0.717) is 0 Å². The number of rotatable bonds is 1. The lowest BCUT2D eigenvalue weighted by Crippen LogP contribution is -1.97. The van der Waals surface area contributed by atoms with Crippen molar-refractivity contribution in [2.45, 2.75) is 0 Å². The molecule has 4 aromatic rings. The highest BCUT2D eigenvalue weighted by Crippen LogP contribution is 2.37. The van der Waals surface area contributed by atoms with Crippen molar-refractivity contribution in [3.8, 4) is 5.75 Å². The Balaban J connectivity index is 2.35. The third-order valence-corrected chi connectivity index (χ3v) is 4.09. The average Bonchev–Trinajstić information content (AvgIpc) is 2.54. The SMILES string of the molecule is O=C(O)c1cc2c3ccccc3c3ccccc3c2cc1O. The summed E-state index contributed by atoms with van der Waals surface area (Å²) in [6.07, 6.45) is 0. The molecule has 0 radical (unpaired) electrons. The van der Waals surface area contributed by atoms with Gasteiger partial charge < -0.3 is 10.2 Å². The maximum absolute atomic E-state index is 11.3. The van der Waals surface area contributed by atoms with Crippen LogP contribution in [0.4, 0.5) is 0 Å². The first-order valence-corrected chi connectivity index (χ1v) is 6.96. The summed E-state index contributed by atoms with van der Waals surface area (Å²) in [6, 6.07) is 19.0. The molecule has 0 atom stereocenters. The molecule has 2 N–H and O–H groups in total. The zero-order valence-electron chi connectivity index (χ0n) is 11.6. The molecule has 3 heteroatoms. The maximum Gasteiger partial charge on any atom is 0.339 e. The second-order valence-corrected chi connectivity index (χ2v) is 5.31.